The van der Waals surface area contributed by atoms with Crippen LogP contribution in [0, 0.1) is 17.0 Å². The van der Waals surface area contributed by atoms with Gasteiger partial charge in [-0.2, -0.15) is 0 Å². The number of sulfonamides is 1. The molecule has 0 aromatic heterocycles. The zero-order chi connectivity index (χ0) is 21.1. The molecule has 3 aliphatic heterocycles. The van der Waals surface area contributed by atoms with Crippen LogP contribution in [0.3, 0.4) is 0 Å². The summed E-state index contributed by atoms with van der Waals surface area (Å²) < 4.78 is 60.6. The van der Waals surface area contributed by atoms with Crippen molar-refractivity contribution in [2.75, 3.05) is 32.8 Å². The van der Waals surface area contributed by atoms with Crippen LogP contribution in [0.1, 0.15) is 43.8 Å². The Kier molecular flexibility index (Phi) is 5.17. The molecule has 166 valence electrons. The van der Waals surface area contributed by atoms with Gasteiger partial charge in [0.15, 0.2) is 0 Å². The second kappa shape index (κ2) is 7.48. The lowest BCUT2D eigenvalue weighted by Crippen LogP contribution is -2.49. The minimum Gasteiger partial charge on any atom is -0.370 e. The van der Waals surface area contributed by atoms with Crippen molar-refractivity contribution in [1.82, 2.24) is 9.21 Å². The van der Waals surface area contributed by atoms with Gasteiger partial charge in [0, 0.05) is 37.3 Å². The molecule has 0 amide bonds. The van der Waals surface area contributed by atoms with E-state index in [2.05, 4.69) is 4.90 Å². The molecular weight excluding hydrogens is 412 g/mol. The third kappa shape index (κ3) is 3.68. The molecule has 2 N–H and O–H groups in total. The van der Waals surface area contributed by atoms with Gasteiger partial charge in [0.25, 0.3) is 0 Å². The molecule has 1 spiro atoms. The summed E-state index contributed by atoms with van der Waals surface area (Å²) in [4.78, 5) is 2.35. The molecule has 4 aliphatic rings. The van der Waals surface area contributed by atoms with Crippen molar-refractivity contribution in [3.8, 4) is 0 Å². The highest BCUT2D eigenvalue weighted by Crippen LogP contribution is 2.44. The fraction of sp³-hybridized carbons (Fsp3) is 0.714. The fourth-order valence-electron chi connectivity index (χ4n) is 5.45. The van der Waals surface area contributed by atoms with E-state index in [1.165, 1.54) is 6.07 Å². The van der Waals surface area contributed by atoms with Crippen LogP contribution in [0.2, 0.25) is 0 Å². The number of rotatable bonds is 4. The van der Waals surface area contributed by atoms with E-state index >= 15 is 0 Å². The summed E-state index contributed by atoms with van der Waals surface area (Å²) in [6, 6.07) is 3.05. The lowest BCUT2D eigenvalue weighted by molar-refractivity contribution is -0.0488. The summed E-state index contributed by atoms with van der Waals surface area (Å²) in [5, 5.41) is -0.157. The Morgan fingerprint density at radius 2 is 1.90 bits per heavy atom. The normalized spacial score (nSPS) is 36.0. The van der Waals surface area contributed by atoms with Crippen molar-refractivity contribution in [3.63, 3.8) is 0 Å². The third-order valence-corrected chi connectivity index (χ3v) is 9.70. The van der Waals surface area contributed by atoms with E-state index in [0.29, 0.717) is 26.1 Å². The first-order valence-corrected chi connectivity index (χ1v) is 12.3. The van der Waals surface area contributed by atoms with E-state index in [0.717, 1.165) is 50.9 Å². The molecule has 1 unspecified atom stereocenters. The van der Waals surface area contributed by atoms with E-state index in [9.17, 15) is 17.2 Å². The minimum atomic E-state index is -3.12. The van der Waals surface area contributed by atoms with Crippen molar-refractivity contribution in [1.29, 1.82) is 0 Å². The Morgan fingerprint density at radius 3 is 2.63 bits per heavy atom. The summed E-state index contributed by atoms with van der Waals surface area (Å²) >= 11 is 0. The van der Waals surface area contributed by atoms with Gasteiger partial charge < -0.3 is 10.5 Å². The SMILES string of the molecule is N[C@H]1C[C@@H](N2CCC3(CCN(S(=O)(=O)C4CC4)C3)C2)CO[C@@H]1c1cc(F)ccc1F. The second-order valence-electron chi connectivity index (χ2n) is 9.52. The van der Waals surface area contributed by atoms with Crippen molar-refractivity contribution in [2.45, 2.75) is 55.5 Å². The lowest BCUT2D eigenvalue weighted by atomic mass is 9.86. The van der Waals surface area contributed by atoms with Gasteiger partial charge >= 0.3 is 0 Å². The molecule has 0 radical (unpaired) electrons. The van der Waals surface area contributed by atoms with Crippen molar-refractivity contribution >= 4 is 10.0 Å². The van der Waals surface area contributed by atoms with Crippen LogP contribution in [0.4, 0.5) is 8.78 Å². The van der Waals surface area contributed by atoms with E-state index in [1.54, 1.807) is 4.31 Å². The van der Waals surface area contributed by atoms with Crippen LogP contribution in [-0.2, 0) is 14.8 Å². The Labute approximate surface area is 176 Å². The Hall–Kier alpha value is -1.13. The average molecular weight is 442 g/mol. The lowest BCUT2D eigenvalue weighted by Gasteiger charge is -2.39. The molecule has 30 heavy (non-hydrogen) atoms. The molecular formula is C21H29F2N3O3S. The average Bonchev–Trinajstić information content (AvgIpc) is 3.38. The number of ether oxygens (including phenoxy) is 1. The summed E-state index contributed by atoms with van der Waals surface area (Å²) in [7, 11) is -3.12. The predicted octanol–water partition coefficient (Wildman–Crippen LogP) is 2.01. The minimum absolute atomic E-state index is 0.0115. The third-order valence-electron chi connectivity index (χ3n) is 7.36. The standard InChI is InChI=1S/C21H29F2N3O3S/c22-14-1-4-18(23)17(9-14)20-19(24)10-15(11-29-20)25-7-5-21(12-25)6-8-26(13-21)30(27,28)16-2-3-16/h1,4,9,15-16,19-20H,2-3,5-8,10-13,24H2/t15-,19+,20-,21?/m1/s1. The predicted molar refractivity (Wildman–Crippen MR) is 108 cm³/mol. The van der Waals surface area contributed by atoms with Gasteiger partial charge in [0.05, 0.1) is 11.9 Å². The van der Waals surface area contributed by atoms with Gasteiger partial charge in [0.1, 0.15) is 17.7 Å². The number of hydrogen-bond donors (Lipinski definition) is 1. The maximum Gasteiger partial charge on any atom is 0.217 e. The van der Waals surface area contributed by atoms with Crippen LogP contribution >= 0.6 is 0 Å². The van der Waals surface area contributed by atoms with Crippen molar-refractivity contribution < 1.29 is 21.9 Å². The number of benzene rings is 1. The Bertz CT molecular complexity index is 926. The van der Waals surface area contributed by atoms with E-state index < -0.39 is 33.8 Å². The van der Waals surface area contributed by atoms with Crippen LogP contribution < -0.4 is 5.73 Å². The van der Waals surface area contributed by atoms with Gasteiger partial charge in [-0.05, 0) is 62.3 Å². The molecule has 1 aliphatic carbocycles. The van der Waals surface area contributed by atoms with E-state index in [1.807, 2.05) is 0 Å². The van der Waals surface area contributed by atoms with Gasteiger partial charge in [-0.15, -0.1) is 0 Å². The smallest absolute Gasteiger partial charge is 0.217 e. The quantitative estimate of drug-likeness (QED) is 0.774. The highest BCUT2D eigenvalue weighted by molar-refractivity contribution is 7.90. The number of nitrogens with two attached hydrogens (primary N) is 1. The van der Waals surface area contributed by atoms with Gasteiger partial charge in [0.2, 0.25) is 10.0 Å². The van der Waals surface area contributed by atoms with Crippen LogP contribution in [0.5, 0.6) is 0 Å². The van der Waals surface area contributed by atoms with Gasteiger partial charge in [-0.3, -0.25) is 4.90 Å². The first-order valence-electron chi connectivity index (χ1n) is 10.8. The number of nitrogens with zero attached hydrogens (tertiary/aromatic N) is 2. The molecule has 1 saturated carbocycles. The molecule has 3 saturated heterocycles. The van der Waals surface area contributed by atoms with Gasteiger partial charge in [-0.1, -0.05) is 0 Å². The second-order valence-corrected chi connectivity index (χ2v) is 11.7. The highest BCUT2D eigenvalue weighted by atomic mass is 32.2. The monoisotopic (exact) mass is 441 g/mol. The summed E-state index contributed by atoms with van der Waals surface area (Å²) in [6.07, 6.45) is 3.44. The largest absolute Gasteiger partial charge is 0.370 e. The molecule has 1 aromatic rings. The van der Waals surface area contributed by atoms with Crippen molar-refractivity contribution in [3.05, 3.63) is 35.4 Å². The molecule has 1 aromatic carbocycles. The molecule has 9 heteroatoms. The fourth-order valence-corrected chi connectivity index (χ4v) is 7.41. The number of likely N-dealkylation sites (tertiary alicyclic amines) is 1. The maximum atomic E-state index is 14.2. The van der Waals surface area contributed by atoms with Crippen LogP contribution in [0.25, 0.3) is 0 Å². The molecule has 5 rings (SSSR count). The molecule has 6 nitrogen and oxygen atoms in total. The van der Waals surface area contributed by atoms with E-state index in [4.69, 9.17) is 10.5 Å². The van der Waals surface area contributed by atoms with Crippen LogP contribution in [-0.4, -0.2) is 67.7 Å². The topological polar surface area (TPSA) is 75.9 Å². The van der Waals surface area contributed by atoms with Crippen LogP contribution in [0.15, 0.2) is 18.2 Å². The number of hydrogen-bond acceptors (Lipinski definition) is 5. The zero-order valence-corrected chi connectivity index (χ0v) is 17.8. The van der Waals surface area contributed by atoms with Crippen molar-refractivity contribution in [2.24, 2.45) is 11.1 Å². The molecule has 4 atom stereocenters. The number of halogens is 2. The molecule has 3 heterocycles. The Morgan fingerprint density at radius 1 is 1.13 bits per heavy atom. The first kappa shape index (κ1) is 20.8. The molecule has 4 fully saturated rings. The summed E-state index contributed by atoms with van der Waals surface area (Å²) in [5.74, 6) is -1.00. The Balaban J connectivity index is 1.22. The van der Waals surface area contributed by atoms with E-state index in [-0.39, 0.29) is 22.3 Å². The van der Waals surface area contributed by atoms with Gasteiger partial charge in [-0.25, -0.2) is 21.5 Å². The highest BCUT2D eigenvalue weighted by Gasteiger charge is 2.51. The summed E-state index contributed by atoms with van der Waals surface area (Å²) in [5.41, 5.74) is 6.51. The zero-order valence-electron chi connectivity index (χ0n) is 17.0. The maximum absolute atomic E-state index is 14.2. The summed E-state index contributed by atoms with van der Waals surface area (Å²) in [6.45, 7) is 3.36. The molecule has 0 bridgehead atoms. The first-order chi connectivity index (χ1) is 14.3.